The Morgan fingerprint density at radius 2 is 2.10 bits per heavy atom. The molecule has 4 heteroatoms. The van der Waals surface area contributed by atoms with Crippen molar-refractivity contribution >= 4 is 0 Å². The first-order chi connectivity index (χ1) is 9.83. The van der Waals surface area contributed by atoms with Gasteiger partial charge >= 0.3 is 0 Å². The Labute approximate surface area is 117 Å². The van der Waals surface area contributed by atoms with E-state index in [-0.39, 0.29) is 5.82 Å². The summed E-state index contributed by atoms with van der Waals surface area (Å²) >= 11 is 0. The maximum atomic E-state index is 13.7. The van der Waals surface area contributed by atoms with Crippen molar-refractivity contribution in [2.45, 2.75) is 25.5 Å². The Morgan fingerprint density at radius 1 is 1.20 bits per heavy atom. The first-order valence-electron chi connectivity index (χ1n) is 7.10. The zero-order chi connectivity index (χ0) is 13.8. The average Bonchev–Trinajstić information content (AvgIpc) is 3.11. The molecule has 1 atom stereocenters. The summed E-state index contributed by atoms with van der Waals surface area (Å²) in [6.07, 6.45) is 2.68. The standard InChI is InChI=1S/C16H18FNO2/c17-15-6-2-1-5-14(15)16-8-7-13(20-16)11-18-10-12-4-3-9-19-12/h1-2,5-8,12,18H,3-4,9-11H2/p+1/t12-/m0/s1. The molecule has 0 amide bonds. The van der Waals surface area contributed by atoms with E-state index in [2.05, 4.69) is 5.32 Å². The fourth-order valence-corrected chi connectivity index (χ4v) is 2.54. The summed E-state index contributed by atoms with van der Waals surface area (Å²) in [4.78, 5) is 0. The summed E-state index contributed by atoms with van der Waals surface area (Å²) in [6.45, 7) is 2.60. The number of nitrogens with two attached hydrogens (primary N) is 1. The molecule has 3 rings (SSSR count). The number of furan rings is 1. The molecular weight excluding hydrogens is 257 g/mol. The molecule has 2 heterocycles. The molecule has 1 aromatic carbocycles. The van der Waals surface area contributed by atoms with Crippen LogP contribution in [0.5, 0.6) is 0 Å². The molecule has 0 spiro atoms. The van der Waals surface area contributed by atoms with E-state index in [1.165, 1.54) is 6.07 Å². The zero-order valence-corrected chi connectivity index (χ0v) is 11.3. The SMILES string of the molecule is Fc1ccccc1-c1ccc(C[NH2+]C[C@@H]2CCCO2)o1. The minimum absolute atomic E-state index is 0.253. The summed E-state index contributed by atoms with van der Waals surface area (Å²) in [5, 5.41) is 2.18. The van der Waals surface area contributed by atoms with Crippen LogP contribution in [0.2, 0.25) is 0 Å². The molecule has 3 nitrogen and oxygen atoms in total. The normalized spacial score (nSPS) is 18.6. The summed E-state index contributed by atoms with van der Waals surface area (Å²) < 4.78 is 24.9. The van der Waals surface area contributed by atoms with Gasteiger partial charge in [-0.25, -0.2) is 4.39 Å². The molecule has 1 saturated heterocycles. The van der Waals surface area contributed by atoms with Crippen molar-refractivity contribution in [2.75, 3.05) is 13.2 Å². The van der Waals surface area contributed by atoms with Crippen LogP contribution in [0.15, 0.2) is 40.8 Å². The van der Waals surface area contributed by atoms with Gasteiger partial charge in [0.25, 0.3) is 0 Å². The Morgan fingerprint density at radius 3 is 2.90 bits per heavy atom. The number of halogens is 1. The average molecular weight is 276 g/mol. The van der Waals surface area contributed by atoms with E-state index in [0.29, 0.717) is 17.4 Å². The first-order valence-corrected chi connectivity index (χ1v) is 7.10. The van der Waals surface area contributed by atoms with Gasteiger partial charge in [-0.1, -0.05) is 12.1 Å². The fraction of sp³-hybridized carbons (Fsp3) is 0.375. The minimum atomic E-state index is -0.253. The summed E-state index contributed by atoms with van der Waals surface area (Å²) in [6, 6.07) is 10.4. The van der Waals surface area contributed by atoms with E-state index in [9.17, 15) is 4.39 Å². The van der Waals surface area contributed by atoms with Crippen LogP contribution in [0.4, 0.5) is 4.39 Å². The fourth-order valence-electron chi connectivity index (χ4n) is 2.54. The highest BCUT2D eigenvalue weighted by Gasteiger charge is 2.17. The van der Waals surface area contributed by atoms with Gasteiger partial charge in [0.05, 0.1) is 5.56 Å². The number of rotatable bonds is 5. The molecule has 1 aliphatic rings. The predicted molar refractivity (Wildman–Crippen MR) is 73.6 cm³/mol. The van der Waals surface area contributed by atoms with Crippen LogP contribution in [0, 0.1) is 5.82 Å². The van der Waals surface area contributed by atoms with Crippen LogP contribution in [-0.2, 0) is 11.3 Å². The van der Waals surface area contributed by atoms with E-state index in [0.717, 1.165) is 38.3 Å². The second-order valence-electron chi connectivity index (χ2n) is 5.11. The summed E-state index contributed by atoms with van der Waals surface area (Å²) in [5.41, 5.74) is 0.512. The Hall–Kier alpha value is -1.65. The van der Waals surface area contributed by atoms with Crippen molar-refractivity contribution in [1.29, 1.82) is 0 Å². The number of benzene rings is 1. The number of ether oxygens (including phenoxy) is 1. The van der Waals surface area contributed by atoms with Crippen molar-refractivity contribution < 1.29 is 18.9 Å². The van der Waals surface area contributed by atoms with E-state index in [4.69, 9.17) is 9.15 Å². The van der Waals surface area contributed by atoms with Gasteiger partial charge < -0.3 is 14.5 Å². The lowest BCUT2D eigenvalue weighted by atomic mass is 10.1. The van der Waals surface area contributed by atoms with Crippen molar-refractivity contribution in [3.63, 3.8) is 0 Å². The highest BCUT2D eigenvalue weighted by atomic mass is 19.1. The number of hydrogen-bond acceptors (Lipinski definition) is 2. The molecule has 0 saturated carbocycles. The Balaban J connectivity index is 1.58. The Kier molecular flexibility index (Phi) is 4.14. The third-order valence-corrected chi connectivity index (χ3v) is 3.60. The number of quaternary nitrogens is 1. The molecule has 0 radical (unpaired) electrons. The minimum Gasteiger partial charge on any atom is -0.455 e. The first kappa shape index (κ1) is 13.3. The van der Waals surface area contributed by atoms with Gasteiger partial charge in [0, 0.05) is 6.61 Å². The van der Waals surface area contributed by atoms with Crippen LogP contribution >= 0.6 is 0 Å². The van der Waals surface area contributed by atoms with Gasteiger partial charge in [-0.05, 0) is 37.1 Å². The van der Waals surface area contributed by atoms with Crippen LogP contribution < -0.4 is 5.32 Å². The van der Waals surface area contributed by atoms with Crippen molar-refractivity contribution in [2.24, 2.45) is 0 Å². The lowest BCUT2D eigenvalue weighted by Crippen LogP contribution is -2.84. The predicted octanol–water partition coefficient (Wildman–Crippen LogP) is 2.33. The van der Waals surface area contributed by atoms with Crippen molar-refractivity contribution in [1.82, 2.24) is 0 Å². The van der Waals surface area contributed by atoms with E-state index in [1.54, 1.807) is 12.1 Å². The lowest BCUT2D eigenvalue weighted by molar-refractivity contribution is -0.677. The van der Waals surface area contributed by atoms with Gasteiger partial charge in [0.15, 0.2) is 5.76 Å². The quantitative estimate of drug-likeness (QED) is 0.910. The largest absolute Gasteiger partial charge is 0.455 e. The zero-order valence-electron chi connectivity index (χ0n) is 11.3. The molecule has 2 N–H and O–H groups in total. The molecule has 1 aromatic heterocycles. The van der Waals surface area contributed by atoms with Crippen LogP contribution in [0.3, 0.4) is 0 Å². The smallest absolute Gasteiger partial charge is 0.158 e. The monoisotopic (exact) mass is 276 g/mol. The molecule has 0 unspecified atom stereocenters. The molecule has 106 valence electrons. The topological polar surface area (TPSA) is 39.0 Å². The highest BCUT2D eigenvalue weighted by molar-refractivity contribution is 5.58. The van der Waals surface area contributed by atoms with Crippen LogP contribution in [0.1, 0.15) is 18.6 Å². The van der Waals surface area contributed by atoms with Crippen molar-refractivity contribution in [3.8, 4) is 11.3 Å². The van der Waals surface area contributed by atoms with Crippen LogP contribution in [-0.4, -0.2) is 19.3 Å². The Bertz CT molecular complexity index is 561. The highest BCUT2D eigenvalue weighted by Crippen LogP contribution is 2.24. The van der Waals surface area contributed by atoms with Gasteiger partial charge in [-0.15, -0.1) is 0 Å². The molecule has 2 aromatic rings. The molecule has 20 heavy (non-hydrogen) atoms. The second-order valence-corrected chi connectivity index (χ2v) is 5.11. The lowest BCUT2D eigenvalue weighted by Gasteiger charge is -2.06. The second kappa shape index (κ2) is 6.20. The molecule has 1 fully saturated rings. The third kappa shape index (κ3) is 3.08. The van der Waals surface area contributed by atoms with E-state index in [1.807, 2.05) is 18.2 Å². The molecule has 1 aliphatic heterocycles. The van der Waals surface area contributed by atoms with Gasteiger partial charge in [0.2, 0.25) is 0 Å². The van der Waals surface area contributed by atoms with E-state index >= 15 is 0 Å². The number of hydrogen-bond donors (Lipinski definition) is 1. The van der Waals surface area contributed by atoms with Crippen LogP contribution in [0.25, 0.3) is 11.3 Å². The summed E-state index contributed by atoms with van der Waals surface area (Å²) in [7, 11) is 0. The van der Waals surface area contributed by atoms with Crippen molar-refractivity contribution in [3.05, 3.63) is 48.0 Å². The van der Waals surface area contributed by atoms with Gasteiger partial charge in [-0.3, -0.25) is 0 Å². The van der Waals surface area contributed by atoms with Gasteiger partial charge in [0.1, 0.15) is 30.8 Å². The summed E-state index contributed by atoms with van der Waals surface area (Å²) in [5.74, 6) is 1.20. The maximum Gasteiger partial charge on any atom is 0.158 e. The molecular formula is C16H19FNO2+. The van der Waals surface area contributed by atoms with Gasteiger partial charge in [-0.2, -0.15) is 0 Å². The van der Waals surface area contributed by atoms with E-state index < -0.39 is 0 Å². The molecule has 0 aliphatic carbocycles. The third-order valence-electron chi connectivity index (χ3n) is 3.60. The maximum absolute atomic E-state index is 13.7. The molecule has 0 bridgehead atoms.